The Morgan fingerprint density at radius 2 is 2.16 bits per heavy atom. The molecule has 1 fully saturated rings. The summed E-state index contributed by atoms with van der Waals surface area (Å²) in [5.41, 5.74) is 0. The Hall–Kier alpha value is -0.650. The largest absolute Gasteiger partial charge is 0.382 e. The van der Waals surface area contributed by atoms with Crippen LogP contribution in [0.5, 0.6) is 0 Å². The van der Waals surface area contributed by atoms with E-state index in [-0.39, 0.29) is 12.0 Å². The van der Waals surface area contributed by atoms with Gasteiger partial charge in [-0.05, 0) is 26.4 Å². The number of unbranched alkanes of at least 4 members (excludes halogenated alkanes) is 3. The Labute approximate surface area is 116 Å². The van der Waals surface area contributed by atoms with Crippen molar-refractivity contribution in [1.29, 1.82) is 0 Å². The molecule has 0 bridgehead atoms. The molecule has 0 aromatic carbocycles. The van der Waals surface area contributed by atoms with E-state index < -0.39 is 0 Å². The average Bonchev–Trinajstić information content (AvgIpc) is 2.43. The number of nitrogens with zero attached hydrogens (tertiary/aromatic N) is 1. The molecule has 1 aliphatic rings. The zero-order valence-electron chi connectivity index (χ0n) is 12.3. The van der Waals surface area contributed by atoms with Crippen molar-refractivity contribution in [2.75, 3.05) is 47.0 Å². The van der Waals surface area contributed by atoms with Gasteiger partial charge in [0.05, 0.1) is 19.3 Å². The third kappa shape index (κ3) is 6.89. The summed E-state index contributed by atoms with van der Waals surface area (Å²) in [6.07, 6.45) is 5.23. The van der Waals surface area contributed by atoms with E-state index in [0.717, 1.165) is 25.9 Å². The van der Waals surface area contributed by atoms with Gasteiger partial charge in [-0.3, -0.25) is 4.79 Å². The fourth-order valence-electron chi connectivity index (χ4n) is 2.32. The molecule has 1 unspecified atom stereocenters. The van der Waals surface area contributed by atoms with Crippen molar-refractivity contribution >= 4 is 5.91 Å². The molecule has 112 valence electrons. The van der Waals surface area contributed by atoms with Crippen molar-refractivity contribution in [3.63, 3.8) is 0 Å². The van der Waals surface area contributed by atoms with Crippen molar-refractivity contribution in [3.05, 3.63) is 0 Å². The number of amides is 1. The molecule has 0 aromatic heterocycles. The predicted octanol–water partition coefficient (Wildman–Crippen LogP) is 1.03. The number of hydrogen-bond acceptors (Lipinski definition) is 4. The summed E-state index contributed by atoms with van der Waals surface area (Å²) in [5, 5.41) is 3.13. The predicted molar refractivity (Wildman–Crippen MR) is 75.2 cm³/mol. The van der Waals surface area contributed by atoms with E-state index in [9.17, 15) is 4.79 Å². The van der Waals surface area contributed by atoms with Crippen LogP contribution in [0.15, 0.2) is 0 Å². The topological polar surface area (TPSA) is 50.8 Å². The lowest BCUT2D eigenvalue weighted by molar-refractivity contribution is -0.140. The molecule has 19 heavy (non-hydrogen) atoms. The average molecular weight is 272 g/mol. The maximum Gasteiger partial charge on any atom is 0.222 e. The van der Waals surface area contributed by atoms with Crippen LogP contribution in [-0.2, 0) is 14.3 Å². The van der Waals surface area contributed by atoms with Gasteiger partial charge < -0.3 is 19.7 Å². The number of carbonyl (C=O) groups excluding carboxylic acids is 1. The van der Waals surface area contributed by atoms with E-state index in [1.54, 1.807) is 7.11 Å². The van der Waals surface area contributed by atoms with Crippen LogP contribution in [0.4, 0.5) is 0 Å². The number of methoxy groups -OCH3 is 1. The molecule has 0 spiro atoms. The second-order valence-corrected chi connectivity index (χ2v) is 5.06. The summed E-state index contributed by atoms with van der Waals surface area (Å²) in [6, 6.07) is 0. The zero-order chi connectivity index (χ0) is 13.9. The highest BCUT2D eigenvalue weighted by Crippen LogP contribution is 2.10. The molecule has 0 radical (unpaired) electrons. The number of morpholine rings is 1. The summed E-state index contributed by atoms with van der Waals surface area (Å²) >= 11 is 0. The SMILES string of the molecule is CNCCCCCCC(=O)N1CCOC(COC)C1. The molecule has 5 nitrogen and oxygen atoms in total. The summed E-state index contributed by atoms with van der Waals surface area (Å²) in [5.74, 6) is 0.262. The first kappa shape index (κ1) is 16.4. The molecule has 1 atom stereocenters. The molecule has 1 heterocycles. The molecule has 5 heteroatoms. The fraction of sp³-hybridized carbons (Fsp3) is 0.929. The first-order chi connectivity index (χ1) is 9.27. The maximum absolute atomic E-state index is 12.1. The lowest BCUT2D eigenvalue weighted by Crippen LogP contribution is -2.47. The van der Waals surface area contributed by atoms with Crippen LogP contribution in [0.3, 0.4) is 0 Å². The number of nitrogens with one attached hydrogen (secondary N) is 1. The Morgan fingerprint density at radius 3 is 2.89 bits per heavy atom. The Balaban J connectivity index is 2.11. The Kier molecular flexibility index (Phi) is 8.79. The van der Waals surface area contributed by atoms with Crippen molar-refractivity contribution < 1.29 is 14.3 Å². The van der Waals surface area contributed by atoms with Crippen LogP contribution >= 0.6 is 0 Å². The molecule has 1 amide bonds. The molecule has 1 N–H and O–H groups in total. The Bertz CT molecular complexity index is 247. The standard InChI is InChI=1S/C14H28N2O3/c1-15-8-6-4-3-5-7-14(17)16-9-10-19-13(11-16)12-18-2/h13,15H,3-12H2,1-2H3. The lowest BCUT2D eigenvalue weighted by atomic mass is 10.1. The van der Waals surface area contributed by atoms with Gasteiger partial charge in [0.2, 0.25) is 5.91 Å². The number of ether oxygens (including phenoxy) is 2. The minimum absolute atomic E-state index is 0.0401. The highest BCUT2D eigenvalue weighted by atomic mass is 16.5. The van der Waals surface area contributed by atoms with E-state index in [1.807, 2.05) is 11.9 Å². The normalized spacial score (nSPS) is 19.7. The van der Waals surface area contributed by atoms with Gasteiger partial charge >= 0.3 is 0 Å². The van der Waals surface area contributed by atoms with E-state index in [2.05, 4.69) is 5.32 Å². The number of carbonyl (C=O) groups is 1. The van der Waals surface area contributed by atoms with Gasteiger partial charge in [-0.15, -0.1) is 0 Å². The second-order valence-electron chi connectivity index (χ2n) is 5.06. The first-order valence-electron chi connectivity index (χ1n) is 7.31. The zero-order valence-corrected chi connectivity index (χ0v) is 12.3. The van der Waals surface area contributed by atoms with Gasteiger partial charge in [-0.25, -0.2) is 0 Å². The minimum atomic E-state index is 0.0401. The first-order valence-corrected chi connectivity index (χ1v) is 7.31. The van der Waals surface area contributed by atoms with Gasteiger partial charge in [0.15, 0.2) is 0 Å². The lowest BCUT2D eigenvalue weighted by Gasteiger charge is -2.32. The summed E-state index contributed by atoms with van der Waals surface area (Å²) in [6.45, 7) is 3.65. The summed E-state index contributed by atoms with van der Waals surface area (Å²) in [4.78, 5) is 14.0. The van der Waals surface area contributed by atoms with Crippen molar-refractivity contribution in [2.24, 2.45) is 0 Å². The monoisotopic (exact) mass is 272 g/mol. The van der Waals surface area contributed by atoms with Gasteiger partial charge in [0, 0.05) is 26.6 Å². The van der Waals surface area contributed by atoms with E-state index >= 15 is 0 Å². The number of rotatable bonds is 9. The van der Waals surface area contributed by atoms with Gasteiger partial charge in [0.25, 0.3) is 0 Å². The third-order valence-electron chi connectivity index (χ3n) is 3.41. The van der Waals surface area contributed by atoms with Gasteiger partial charge in [0.1, 0.15) is 0 Å². The van der Waals surface area contributed by atoms with E-state index in [0.29, 0.717) is 26.2 Å². The fourth-order valence-corrected chi connectivity index (χ4v) is 2.32. The highest BCUT2D eigenvalue weighted by Gasteiger charge is 2.23. The molecule has 0 aromatic rings. The molecule has 1 aliphatic heterocycles. The molecule has 0 aliphatic carbocycles. The van der Waals surface area contributed by atoms with Crippen molar-refractivity contribution in [1.82, 2.24) is 10.2 Å². The van der Waals surface area contributed by atoms with Crippen LogP contribution in [0.1, 0.15) is 32.1 Å². The summed E-state index contributed by atoms with van der Waals surface area (Å²) in [7, 11) is 3.63. The molecule has 1 saturated heterocycles. The summed E-state index contributed by atoms with van der Waals surface area (Å²) < 4.78 is 10.6. The second kappa shape index (κ2) is 10.2. The maximum atomic E-state index is 12.1. The number of hydrogen-bond donors (Lipinski definition) is 1. The third-order valence-corrected chi connectivity index (χ3v) is 3.41. The van der Waals surface area contributed by atoms with Crippen molar-refractivity contribution in [3.8, 4) is 0 Å². The van der Waals surface area contributed by atoms with Crippen LogP contribution in [0.25, 0.3) is 0 Å². The highest BCUT2D eigenvalue weighted by molar-refractivity contribution is 5.76. The van der Waals surface area contributed by atoms with E-state index in [1.165, 1.54) is 12.8 Å². The van der Waals surface area contributed by atoms with E-state index in [4.69, 9.17) is 9.47 Å². The smallest absolute Gasteiger partial charge is 0.222 e. The Morgan fingerprint density at radius 1 is 1.37 bits per heavy atom. The van der Waals surface area contributed by atoms with Crippen molar-refractivity contribution in [2.45, 2.75) is 38.2 Å². The quantitative estimate of drug-likeness (QED) is 0.637. The van der Waals surface area contributed by atoms with Crippen LogP contribution in [0, 0.1) is 0 Å². The van der Waals surface area contributed by atoms with Gasteiger partial charge in [-0.2, -0.15) is 0 Å². The van der Waals surface area contributed by atoms with Gasteiger partial charge in [-0.1, -0.05) is 12.8 Å². The molecule has 0 saturated carbocycles. The minimum Gasteiger partial charge on any atom is -0.382 e. The molecule has 1 rings (SSSR count). The molecular formula is C14H28N2O3. The van der Waals surface area contributed by atoms with Crippen LogP contribution in [-0.4, -0.2) is 63.9 Å². The molecular weight excluding hydrogens is 244 g/mol. The van der Waals surface area contributed by atoms with Crippen LogP contribution in [0.2, 0.25) is 0 Å². The van der Waals surface area contributed by atoms with Crippen LogP contribution < -0.4 is 5.32 Å².